The smallest absolute Gasteiger partial charge is 0.407 e. The molecule has 2 amide bonds. The van der Waals surface area contributed by atoms with Gasteiger partial charge in [-0.25, -0.2) is 4.79 Å². The van der Waals surface area contributed by atoms with Crippen molar-refractivity contribution in [1.82, 2.24) is 25.3 Å². The van der Waals surface area contributed by atoms with Crippen LogP contribution >= 0.6 is 0 Å². The standard InChI is InChI=1S/C21H30N6O3/c1-11(2)23-21(29)30-14-6-5-13(7-14)18-9-19(26-25-18)24-20(28)16-8-15(16)17-10-22-27(4)12(17)3/h9-11,13-16H,5-8H2,1-4H3,(H,23,29)(H2,24,25,26,28)/t13-,14+,15-,16-/m1/s1. The number of amides is 2. The predicted octanol–water partition coefficient (Wildman–Crippen LogP) is 2.96. The number of rotatable bonds is 6. The molecule has 0 spiro atoms. The van der Waals surface area contributed by atoms with Gasteiger partial charge in [0.1, 0.15) is 6.10 Å². The van der Waals surface area contributed by atoms with Crippen LogP contribution in [0.3, 0.4) is 0 Å². The van der Waals surface area contributed by atoms with Gasteiger partial charge in [0.15, 0.2) is 5.82 Å². The third-order valence-electron chi connectivity index (χ3n) is 6.15. The maximum Gasteiger partial charge on any atom is 0.407 e. The van der Waals surface area contributed by atoms with Crippen LogP contribution in [-0.2, 0) is 16.6 Å². The Morgan fingerprint density at radius 1 is 1.30 bits per heavy atom. The number of anilines is 1. The van der Waals surface area contributed by atoms with E-state index in [1.807, 2.05) is 44.8 Å². The Labute approximate surface area is 175 Å². The number of H-pyrrole nitrogens is 1. The minimum atomic E-state index is -0.365. The molecule has 4 rings (SSSR count). The summed E-state index contributed by atoms with van der Waals surface area (Å²) in [5.74, 6) is 0.995. The first-order valence-electron chi connectivity index (χ1n) is 10.6. The molecule has 0 unspecified atom stereocenters. The van der Waals surface area contributed by atoms with Crippen molar-refractivity contribution in [3.63, 3.8) is 0 Å². The van der Waals surface area contributed by atoms with Crippen molar-refractivity contribution in [2.75, 3.05) is 5.32 Å². The van der Waals surface area contributed by atoms with Crippen LogP contribution in [0.15, 0.2) is 12.3 Å². The molecule has 162 valence electrons. The summed E-state index contributed by atoms with van der Waals surface area (Å²) >= 11 is 0. The fraction of sp³-hybridized carbons (Fsp3) is 0.619. The molecule has 30 heavy (non-hydrogen) atoms. The SMILES string of the molecule is Cc1c([C@@H]2C[C@H]2C(=O)Nc2cc([C@@H]3CC[C@H](OC(=O)NC(C)C)C3)[nH]n2)cnn1C. The van der Waals surface area contributed by atoms with E-state index in [2.05, 4.69) is 25.9 Å². The van der Waals surface area contributed by atoms with Crippen molar-refractivity contribution >= 4 is 17.8 Å². The van der Waals surface area contributed by atoms with Crippen molar-refractivity contribution in [3.8, 4) is 0 Å². The van der Waals surface area contributed by atoms with Crippen LogP contribution in [-0.4, -0.2) is 44.1 Å². The van der Waals surface area contributed by atoms with Crippen LogP contribution in [0, 0.1) is 12.8 Å². The first-order valence-corrected chi connectivity index (χ1v) is 10.6. The lowest BCUT2D eigenvalue weighted by Gasteiger charge is -2.14. The van der Waals surface area contributed by atoms with Crippen molar-refractivity contribution in [3.05, 3.63) is 29.2 Å². The molecular weight excluding hydrogens is 384 g/mol. The molecule has 9 heteroatoms. The summed E-state index contributed by atoms with van der Waals surface area (Å²) in [6.07, 6.45) is 4.74. The minimum absolute atomic E-state index is 0.000656. The quantitative estimate of drug-likeness (QED) is 0.672. The number of hydrogen-bond donors (Lipinski definition) is 3. The summed E-state index contributed by atoms with van der Waals surface area (Å²) in [7, 11) is 1.91. The van der Waals surface area contributed by atoms with Gasteiger partial charge in [0, 0.05) is 42.4 Å². The lowest BCUT2D eigenvalue weighted by molar-refractivity contribution is -0.117. The number of ether oxygens (including phenoxy) is 1. The molecule has 4 atom stereocenters. The van der Waals surface area contributed by atoms with Crippen LogP contribution < -0.4 is 10.6 Å². The molecule has 9 nitrogen and oxygen atoms in total. The Morgan fingerprint density at radius 3 is 2.80 bits per heavy atom. The number of aromatic nitrogens is 4. The van der Waals surface area contributed by atoms with Gasteiger partial charge < -0.3 is 15.4 Å². The van der Waals surface area contributed by atoms with Crippen molar-refractivity contribution in [2.45, 2.75) is 70.4 Å². The van der Waals surface area contributed by atoms with E-state index in [9.17, 15) is 9.59 Å². The van der Waals surface area contributed by atoms with E-state index in [4.69, 9.17) is 4.74 Å². The molecular formula is C21H30N6O3. The van der Waals surface area contributed by atoms with E-state index < -0.39 is 0 Å². The second-order valence-electron chi connectivity index (χ2n) is 8.79. The molecule has 2 heterocycles. The molecule has 2 aromatic heterocycles. The van der Waals surface area contributed by atoms with Crippen LogP contribution in [0.25, 0.3) is 0 Å². The Kier molecular flexibility index (Phi) is 5.53. The van der Waals surface area contributed by atoms with E-state index in [-0.39, 0.29) is 41.9 Å². The number of nitrogens with zero attached hydrogens (tertiary/aromatic N) is 3. The highest BCUT2D eigenvalue weighted by Gasteiger charge is 2.45. The molecule has 0 bridgehead atoms. The van der Waals surface area contributed by atoms with Crippen molar-refractivity contribution in [2.24, 2.45) is 13.0 Å². The Hall–Kier alpha value is -2.84. The summed E-state index contributed by atoms with van der Waals surface area (Å²) in [6.45, 7) is 5.84. The van der Waals surface area contributed by atoms with Crippen LogP contribution in [0.4, 0.5) is 10.6 Å². The number of aromatic amines is 1. The lowest BCUT2D eigenvalue weighted by Crippen LogP contribution is -2.33. The van der Waals surface area contributed by atoms with Gasteiger partial charge in [0.2, 0.25) is 5.91 Å². The van der Waals surface area contributed by atoms with Crippen LogP contribution in [0.5, 0.6) is 0 Å². The van der Waals surface area contributed by atoms with Gasteiger partial charge in [-0.15, -0.1) is 0 Å². The van der Waals surface area contributed by atoms with Gasteiger partial charge >= 0.3 is 6.09 Å². The third-order valence-corrected chi connectivity index (χ3v) is 6.15. The zero-order chi connectivity index (χ0) is 21.4. The lowest BCUT2D eigenvalue weighted by atomic mass is 10.0. The summed E-state index contributed by atoms with van der Waals surface area (Å²) in [6, 6.07) is 1.95. The van der Waals surface area contributed by atoms with E-state index >= 15 is 0 Å². The fourth-order valence-corrected chi connectivity index (χ4v) is 4.29. The molecule has 0 saturated heterocycles. The van der Waals surface area contributed by atoms with Crippen LogP contribution in [0.2, 0.25) is 0 Å². The van der Waals surface area contributed by atoms with E-state index in [1.165, 1.54) is 0 Å². The summed E-state index contributed by atoms with van der Waals surface area (Å²) in [4.78, 5) is 24.4. The molecule has 3 N–H and O–H groups in total. The molecule has 2 aliphatic rings. The molecule has 2 fully saturated rings. The highest BCUT2D eigenvalue weighted by Crippen LogP contribution is 2.49. The maximum absolute atomic E-state index is 12.6. The summed E-state index contributed by atoms with van der Waals surface area (Å²) in [5, 5.41) is 17.3. The monoisotopic (exact) mass is 414 g/mol. The number of aryl methyl sites for hydroxylation is 1. The number of carbonyl (C=O) groups excluding carboxylic acids is 2. The van der Waals surface area contributed by atoms with E-state index in [0.29, 0.717) is 5.82 Å². The van der Waals surface area contributed by atoms with Gasteiger partial charge in [0.25, 0.3) is 0 Å². The van der Waals surface area contributed by atoms with Gasteiger partial charge in [-0.3, -0.25) is 14.6 Å². The van der Waals surface area contributed by atoms with Crippen LogP contribution in [0.1, 0.15) is 68.3 Å². The largest absolute Gasteiger partial charge is 0.446 e. The summed E-state index contributed by atoms with van der Waals surface area (Å²) in [5.41, 5.74) is 3.23. The zero-order valence-corrected chi connectivity index (χ0v) is 17.9. The molecule has 2 saturated carbocycles. The van der Waals surface area contributed by atoms with E-state index in [0.717, 1.165) is 42.6 Å². The normalized spacial score (nSPS) is 25.4. The Bertz CT molecular complexity index is 933. The zero-order valence-electron chi connectivity index (χ0n) is 17.9. The fourth-order valence-electron chi connectivity index (χ4n) is 4.29. The summed E-state index contributed by atoms with van der Waals surface area (Å²) < 4.78 is 7.33. The first-order chi connectivity index (χ1) is 14.3. The molecule has 0 aliphatic heterocycles. The molecule has 2 aromatic rings. The Morgan fingerprint density at radius 2 is 2.10 bits per heavy atom. The number of carbonyl (C=O) groups is 2. The second-order valence-corrected chi connectivity index (χ2v) is 8.79. The second kappa shape index (κ2) is 8.12. The van der Waals surface area contributed by atoms with Gasteiger partial charge in [-0.2, -0.15) is 10.2 Å². The number of alkyl carbamates (subject to hydrolysis) is 1. The number of hydrogen-bond acceptors (Lipinski definition) is 5. The predicted molar refractivity (Wildman–Crippen MR) is 111 cm³/mol. The van der Waals surface area contributed by atoms with E-state index in [1.54, 1.807) is 0 Å². The third kappa shape index (κ3) is 4.34. The average Bonchev–Trinajstić information content (AvgIpc) is 2.97. The Balaban J connectivity index is 1.28. The number of nitrogens with one attached hydrogen (secondary N) is 3. The van der Waals surface area contributed by atoms with Gasteiger partial charge in [0.05, 0.1) is 6.20 Å². The molecule has 2 aliphatic carbocycles. The van der Waals surface area contributed by atoms with Gasteiger partial charge in [-0.1, -0.05) is 0 Å². The first kappa shape index (κ1) is 20.4. The van der Waals surface area contributed by atoms with Crippen molar-refractivity contribution < 1.29 is 14.3 Å². The highest BCUT2D eigenvalue weighted by atomic mass is 16.6. The van der Waals surface area contributed by atoms with Gasteiger partial charge in [-0.05, 0) is 57.9 Å². The molecule has 0 radical (unpaired) electrons. The average molecular weight is 415 g/mol. The highest BCUT2D eigenvalue weighted by molar-refractivity contribution is 5.94. The maximum atomic E-state index is 12.6. The minimum Gasteiger partial charge on any atom is -0.446 e. The topological polar surface area (TPSA) is 114 Å². The molecule has 0 aromatic carbocycles. The van der Waals surface area contributed by atoms with Crippen molar-refractivity contribution in [1.29, 1.82) is 0 Å².